The SMILES string of the molecule is CS(=O)(=O)Nc1ccccc1C(=O)NC1CCCN(Cc2ccccc2)C1. The van der Waals surface area contributed by atoms with Gasteiger partial charge in [-0.15, -0.1) is 0 Å². The largest absolute Gasteiger partial charge is 0.348 e. The second kappa shape index (κ2) is 8.54. The quantitative estimate of drug-likeness (QED) is 0.798. The summed E-state index contributed by atoms with van der Waals surface area (Å²) in [6.45, 7) is 2.65. The number of carbonyl (C=O) groups is 1. The summed E-state index contributed by atoms with van der Waals surface area (Å²) < 4.78 is 25.5. The van der Waals surface area contributed by atoms with Crippen LogP contribution in [0.2, 0.25) is 0 Å². The van der Waals surface area contributed by atoms with Crippen molar-refractivity contribution in [1.82, 2.24) is 10.2 Å². The molecule has 7 heteroatoms. The van der Waals surface area contributed by atoms with Gasteiger partial charge in [-0.1, -0.05) is 42.5 Å². The van der Waals surface area contributed by atoms with Crippen LogP contribution in [-0.4, -0.2) is 44.6 Å². The van der Waals surface area contributed by atoms with Gasteiger partial charge in [0.1, 0.15) is 0 Å². The molecule has 6 nitrogen and oxygen atoms in total. The van der Waals surface area contributed by atoms with Crippen LogP contribution in [0.3, 0.4) is 0 Å². The van der Waals surface area contributed by atoms with Crippen LogP contribution >= 0.6 is 0 Å². The molecule has 144 valence electrons. The van der Waals surface area contributed by atoms with Crippen LogP contribution in [0, 0.1) is 0 Å². The molecule has 2 aromatic carbocycles. The predicted octanol–water partition coefficient (Wildman–Crippen LogP) is 2.45. The van der Waals surface area contributed by atoms with Gasteiger partial charge in [-0.25, -0.2) is 8.42 Å². The molecule has 0 saturated carbocycles. The van der Waals surface area contributed by atoms with Crippen molar-refractivity contribution in [2.75, 3.05) is 24.1 Å². The molecule has 0 aromatic heterocycles. The minimum atomic E-state index is -3.45. The van der Waals surface area contributed by atoms with E-state index < -0.39 is 10.0 Å². The zero-order chi connectivity index (χ0) is 19.3. The van der Waals surface area contributed by atoms with Crippen LogP contribution in [0.4, 0.5) is 5.69 Å². The third-order valence-electron chi connectivity index (χ3n) is 4.56. The maximum atomic E-state index is 12.7. The summed E-state index contributed by atoms with van der Waals surface area (Å²) in [5, 5.41) is 3.06. The molecule has 1 saturated heterocycles. The van der Waals surface area contributed by atoms with Crippen LogP contribution < -0.4 is 10.0 Å². The van der Waals surface area contributed by atoms with Crippen molar-refractivity contribution in [2.45, 2.75) is 25.4 Å². The fraction of sp³-hybridized carbons (Fsp3) is 0.350. The lowest BCUT2D eigenvalue weighted by Crippen LogP contribution is -2.47. The van der Waals surface area contributed by atoms with E-state index in [1.165, 1.54) is 5.56 Å². The van der Waals surface area contributed by atoms with Gasteiger partial charge in [0, 0.05) is 19.1 Å². The van der Waals surface area contributed by atoms with Crippen LogP contribution in [0.1, 0.15) is 28.8 Å². The molecule has 27 heavy (non-hydrogen) atoms. The van der Waals surface area contributed by atoms with Gasteiger partial charge in [0.05, 0.1) is 17.5 Å². The average Bonchev–Trinajstić information content (AvgIpc) is 2.62. The number of sulfonamides is 1. The molecule has 1 fully saturated rings. The molecular weight excluding hydrogens is 362 g/mol. The molecule has 0 aliphatic carbocycles. The molecule has 1 aliphatic rings. The zero-order valence-electron chi connectivity index (χ0n) is 15.4. The summed E-state index contributed by atoms with van der Waals surface area (Å²) in [4.78, 5) is 15.1. The second-order valence-electron chi connectivity index (χ2n) is 6.95. The summed E-state index contributed by atoms with van der Waals surface area (Å²) in [6.07, 6.45) is 3.00. The van der Waals surface area contributed by atoms with Crippen molar-refractivity contribution in [3.8, 4) is 0 Å². The summed E-state index contributed by atoms with van der Waals surface area (Å²) in [7, 11) is -3.45. The molecule has 1 aliphatic heterocycles. The topological polar surface area (TPSA) is 78.5 Å². The predicted molar refractivity (Wildman–Crippen MR) is 107 cm³/mol. The van der Waals surface area contributed by atoms with Crippen molar-refractivity contribution in [3.05, 3.63) is 65.7 Å². The molecular formula is C20H25N3O3S. The Morgan fingerprint density at radius 3 is 2.56 bits per heavy atom. The smallest absolute Gasteiger partial charge is 0.253 e. The maximum absolute atomic E-state index is 12.7. The van der Waals surface area contributed by atoms with E-state index in [1.54, 1.807) is 24.3 Å². The van der Waals surface area contributed by atoms with E-state index in [0.717, 1.165) is 38.7 Å². The molecule has 0 radical (unpaired) electrons. The lowest BCUT2D eigenvalue weighted by molar-refractivity contribution is 0.0901. The minimum absolute atomic E-state index is 0.0428. The molecule has 2 N–H and O–H groups in total. The normalized spacial score (nSPS) is 18.0. The number of nitrogens with zero attached hydrogens (tertiary/aromatic N) is 1. The fourth-order valence-electron chi connectivity index (χ4n) is 3.39. The van der Waals surface area contributed by atoms with Gasteiger partial charge >= 0.3 is 0 Å². The Morgan fingerprint density at radius 2 is 1.81 bits per heavy atom. The number of nitrogens with one attached hydrogen (secondary N) is 2. The lowest BCUT2D eigenvalue weighted by atomic mass is 10.0. The minimum Gasteiger partial charge on any atom is -0.348 e. The van der Waals surface area contributed by atoms with Gasteiger partial charge in [-0.05, 0) is 37.1 Å². The summed E-state index contributed by atoms with van der Waals surface area (Å²) in [5.41, 5.74) is 1.89. The number of anilines is 1. The van der Waals surface area contributed by atoms with Gasteiger partial charge in [0.15, 0.2) is 0 Å². The van der Waals surface area contributed by atoms with Gasteiger partial charge < -0.3 is 5.32 Å². The van der Waals surface area contributed by atoms with Crippen molar-refractivity contribution in [1.29, 1.82) is 0 Å². The third kappa shape index (κ3) is 5.80. The zero-order valence-corrected chi connectivity index (χ0v) is 16.2. The molecule has 0 spiro atoms. The van der Waals surface area contributed by atoms with Gasteiger partial charge in [0.25, 0.3) is 5.91 Å². The van der Waals surface area contributed by atoms with E-state index in [2.05, 4.69) is 27.1 Å². The van der Waals surface area contributed by atoms with Gasteiger partial charge in [-0.3, -0.25) is 14.4 Å². The number of amides is 1. The number of likely N-dealkylation sites (tertiary alicyclic amines) is 1. The van der Waals surface area contributed by atoms with Crippen LogP contribution in [0.5, 0.6) is 0 Å². The van der Waals surface area contributed by atoms with Crippen molar-refractivity contribution < 1.29 is 13.2 Å². The Morgan fingerprint density at radius 1 is 1.11 bits per heavy atom. The van der Waals surface area contributed by atoms with E-state index in [1.807, 2.05) is 18.2 Å². The number of hydrogen-bond donors (Lipinski definition) is 2. The standard InChI is InChI=1S/C20H25N3O3S/c1-27(25,26)22-19-12-6-5-11-18(19)20(24)21-17-10-7-13-23(15-17)14-16-8-3-2-4-9-16/h2-6,8-9,11-12,17,22H,7,10,13-15H2,1H3,(H,21,24). The molecule has 2 aromatic rings. The number of piperidine rings is 1. The van der Waals surface area contributed by atoms with Gasteiger partial charge in [0.2, 0.25) is 10.0 Å². The highest BCUT2D eigenvalue weighted by Gasteiger charge is 2.23. The van der Waals surface area contributed by atoms with E-state index in [4.69, 9.17) is 0 Å². The first-order valence-corrected chi connectivity index (χ1v) is 10.9. The highest BCUT2D eigenvalue weighted by atomic mass is 32.2. The fourth-order valence-corrected chi connectivity index (χ4v) is 3.97. The highest BCUT2D eigenvalue weighted by molar-refractivity contribution is 7.92. The molecule has 1 atom stereocenters. The van der Waals surface area contributed by atoms with E-state index in [9.17, 15) is 13.2 Å². The third-order valence-corrected chi connectivity index (χ3v) is 5.15. The Balaban J connectivity index is 1.64. The molecule has 3 rings (SSSR count). The van der Waals surface area contributed by atoms with E-state index in [-0.39, 0.29) is 11.9 Å². The Kier molecular flexibility index (Phi) is 6.13. The number of hydrogen-bond acceptors (Lipinski definition) is 4. The summed E-state index contributed by atoms with van der Waals surface area (Å²) >= 11 is 0. The van der Waals surface area contributed by atoms with Crippen molar-refractivity contribution in [3.63, 3.8) is 0 Å². The van der Waals surface area contributed by atoms with E-state index >= 15 is 0 Å². The Labute approximate surface area is 160 Å². The number of benzene rings is 2. The Hall–Kier alpha value is -2.38. The van der Waals surface area contributed by atoms with Crippen molar-refractivity contribution >= 4 is 21.6 Å². The molecule has 1 amide bonds. The van der Waals surface area contributed by atoms with Crippen LogP contribution in [-0.2, 0) is 16.6 Å². The number of carbonyl (C=O) groups excluding carboxylic acids is 1. The first kappa shape index (κ1) is 19.4. The first-order valence-electron chi connectivity index (χ1n) is 9.05. The second-order valence-corrected chi connectivity index (χ2v) is 8.70. The molecule has 1 heterocycles. The summed E-state index contributed by atoms with van der Waals surface area (Å²) in [5.74, 6) is -0.256. The van der Waals surface area contributed by atoms with Crippen LogP contribution in [0.15, 0.2) is 54.6 Å². The molecule has 0 bridgehead atoms. The average molecular weight is 388 g/mol. The van der Waals surface area contributed by atoms with Crippen molar-refractivity contribution in [2.24, 2.45) is 0 Å². The highest BCUT2D eigenvalue weighted by Crippen LogP contribution is 2.18. The number of rotatable bonds is 6. The monoisotopic (exact) mass is 387 g/mol. The first-order chi connectivity index (χ1) is 12.9. The molecule has 1 unspecified atom stereocenters. The Bertz CT molecular complexity index is 884. The maximum Gasteiger partial charge on any atom is 0.253 e. The summed E-state index contributed by atoms with van der Waals surface area (Å²) in [6, 6.07) is 17.0. The lowest BCUT2D eigenvalue weighted by Gasteiger charge is -2.33. The number of para-hydroxylation sites is 1. The van der Waals surface area contributed by atoms with E-state index in [0.29, 0.717) is 11.3 Å². The van der Waals surface area contributed by atoms with Gasteiger partial charge in [-0.2, -0.15) is 0 Å². The van der Waals surface area contributed by atoms with Crippen LogP contribution in [0.25, 0.3) is 0 Å².